The van der Waals surface area contributed by atoms with E-state index in [0.717, 1.165) is 16.5 Å². The van der Waals surface area contributed by atoms with E-state index in [2.05, 4.69) is 15.4 Å². The zero-order valence-electron chi connectivity index (χ0n) is 18.6. The van der Waals surface area contributed by atoms with Crippen molar-refractivity contribution in [3.05, 3.63) is 94.5 Å². The molecule has 0 spiro atoms. The molecule has 0 fully saturated rings. The van der Waals surface area contributed by atoms with Gasteiger partial charge >= 0.3 is 0 Å². The number of nitrogens with one attached hydrogen (secondary N) is 1. The maximum Gasteiger partial charge on any atom is 0.264 e. The highest BCUT2D eigenvalue weighted by Crippen LogP contribution is 2.20. The molecule has 2 aromatic carbocycles. The molecule has 0 atom stereocenters. The van der Waals surface area contributed by atoms with Crippen LogP contribution in [0.2, 0.25) is 0 Å². The Hall–Kier alpha value is -4.27. The molecular formula is C25H23FN6O2. The Balaban J connectivity index is 1.25. The number of fused-ring (bicyclic) bond motifs is 2. The van der Waals surface area contributed by atoms with E-state index >= 15 is 0 Å². The maximum atomic E-state index is 14.0. The van der Waals surface area contributed by atoms with Gasteiger partial charge in [-0.25, -0.2) is 14.1 Å². The number of para-hydroxylation sites is 1. The molecule has 0 saturated heterocycles. The first-order valence-corrected chi connectivity index (χ1v) is 11.0. The lowest BCUT2D eigenvalue weighted by Gasteiger charge is -2.08. The average Bonchev–Trinajstić information content (AvgIpc) is 3.39. The van der Waals surface area contributed by atoms with Crippen molar-refractivity contribution in [1.29, 1.82) is 0 Å². The third-order valence-electron chi connectivity index (χ3n) is 5.90. The molecule has 34 heavy (non-hydrogen) atoms. The van der Waals surface area contributed by atoms with E-state index in [1.807, 2.05) is 42.1 Å². The molecule has 0 bridgehead atoms. The van der Waals surface area contributed by atoms with E-state index in [9.17, 15) is 14.0 Å². The summed E-state index contributed by atoms with van der Waals surface area (Å²) < 4.78 is 18.9. The van der Waals surface area contributed by atoms with E-state index in [-0.39, 0.29) is 30.2 Å². The fraction of sp³-hybridized carbons (Fsp3) is 0.200. The number of carbonyl (C=O) groups is 1. The van der Waals surface area contributed by atoms with Crippen LogP contribution in [0.15, 0.2) is 72.0 Å². The van der Waals surface area contributed by atoms with Crippen LogP contribution in [-0.2, 0) is 31.4 Å². The molecule has 1 amide bonds. The Bertz CT molecular complexity index is 1570. The Morgan fingerprint density at radius 2 is 1.85 bits per heavy atom. The van der Waals surface area contributed by atoms with Crippen LogP contribution in [0, 0.1) is 5.82 Å². The second-order valence-electron chi connectivity index (χ2n) is 8.18. The topological polar surface area (TPSA) is 86.7 Å². The lowest BCUT2D eigenvalue weighted by atomic mass is 10.1. The predicted molar refractivity (Wildman–Crippen MR) is 127 cm³/mol. The highest BCUT2D eigenvalue weighted by molar-refractivity contribution is 5.89. The molecule has 172 valence electrons. The quantitative estimate of drug-likeness (QED) is 0.406. The number of aromatic nitrogens is 5. The van der Waals surface area contributed by atoms with Crippen molar-refractivity contribution in [2.24, 2.45) is 7.05 Å². The van der Waals surface area contributed by atoms with Gasteiger partial charge < -0.3 is 9.88 Å². The first-order chi connectivity index (χ1) is 16.5. The summed E-state index contributed by atoms with van der Waals surface area (Å²) in [4.78, 5) is 29.7. The summed E-state index contributed by atoms with van der Waals surface area (Å²) in [6.07, 6.45) is 5.11. The largest absolute Gasteiger partial charge is 0.354 e. The van der Waals surface area contributed by atoms with Gasteiger partial charge in [-0.05, 0) is 17.7 Å². The van der Waals surface area contributed by atoms with E-state index in [1.54, 1.807) is 22.9 Å². The van der Waals surface area contributed by atoms with E-state index in [0.29, 0.717) is 29.7 Å². The smallest absolute Gasteiger partial charge is 0.264 e. The van der Waals surface area contributed by atoms with Gasteiger partial charge in [0.25, 0.3) is 5.56 Å². The van der Waals surface area contributed by atoms with Crippen LogP contribution in [-0.4, -0.2) is 36.4 Å². The third kappa shape index (κ3) is 4.07. The van der Waals surface area contributed by atoms with Crippen LogP contribution < -0.4 is 10.9 Å². The highest BCUT2D eigenvalue weighted by atomic mass is 19.1. The fourth-order valence-corrected chi connectivity index (χ4v) is 4.19. The molecule has 0 aliphatic heterocycles. The number of rotatable bonds is 7. The summed E-state index contributed by atoms with van der Waals surface area (Å²) in [5.74, 6) is -0.461. The SMILES string of the molecule is Cn1cc(CC(=O)NCCn2ncc3c(=O)n(Cc4ccccc4F)cnc32)c2ccccc21. The summed E-state index contributed by atoms with van der Waals surface area (Å²) in [6.45, 7) is 0.804. The Morgan fingerprint density at radius 3 is 2.71 bits per heavy atom. The Kier molecular flexibility index (Phi) is 5.67. The van der Waals surface area contributed by atoms with Crippen molar-refractivity contribution < 1.29 is 9.18 Å². The van der Waals surface area contributed by atoms with E-state index in [1.165, 1.54) is 23.2 Å². The minimum absolute atomic E-state index is 0.0872. The lowest BCUT2D eigenvalue weighted by molar-refractivity contribution is -0.120. The van der Waals surface area contributed by atoms with Gasteiger partial charge in [-0.3, -0.25) is 14.2 Å². The minimum Gasteiger partial charge on any atom is -0.354 e. The summed E-state index contributed by atoms with van der Waals surface area (Å²) in [6, 6.07) is 14.3. The monoisotopic (exact) mass is 458 g/mol. The van der Waals surface area contributed by atoms with Crippen LogP contribution in [0.5, 0.6) is 0 Å². The molecule has 1 N–H and O–H groups in total. The van der Waals surface area contributed by atoms with Crippen LogP contribution in [0.1, 0.15) is 11.1 Å². The van der Waals surface area contributed by atoms with Crippen LogP contribution >= 0.6 is 0 Å². The zero-order valence-corrected chi connectivity index (χ0v) is 18.6. The number of hydrogen-bond donors (Lipinski definition) is 1. The van der Waals surface area contributed by atoms with Crippen LogP contribution in [0.25, 0.3) is 21.9 Å². The van der Waals surface area contributed by atoms with Gasteiger partial charge in [0.05, 0.1) is 25.7 Å². The number of benzene rings is 2. The van der Waals surface area contributed by atoms with E-state index in [4.69, 9.17) is 0 Å². The fourth-order valence-electron chi connectivity index (χ4n) is 4.19. The van der Waals surface area contributed by atoms with Gasteiger partial charge in [0.1, 0.15) is 17.5 Å². The molecule has 5 aromatic rings. The summed E-state index contributed by atoms with van der Waals surface area (Å²) >= 11 is 0. The van der Waals surface area contributed by atoms with Gasteiger partial charge in [-0.2, -0.15) is 5.10 Å². The minimum atomic E-state index is -0.371. The first-order valence-electron chi connectivity index (χ1n) is 11.0. The third-order valence-corrected chi connectivity index (χ3v) is 5.90. The molecular weight excluding hydrogens is 435 g/mol. The van der Waals surface area contributed by atoms with Crippen LogP contribution in [0.3, 0.4) is 0 Å². The Morgan fingerprint density at radius 1 is 1.06 bits per heavy atom. The van der Waals surface area contributed by atoms with E-state index < -0.39 is 0 Å². The molecule has 8 nitrogen and oxygen atoms in total. The lowest BCUT2D eigenvalue weighted by Crippen LogP contribution is -2.29. The van der Waals surface area contributed by atoms with Crippen LogP contribution in [0.4, 0.5) is 4.39 Å². The van der Waals surface area contributed by atoms with Gasteiger partial charge in [0, 0.05) is 36.3 Å². The number of aryl methyl sites for hydroxylation is 1. The summed E-state index contributed by atoms with van der Waals surface area (Å²) in [5, 5.41) is 8.58. The molecule has 5 rings (SSSR count). The Labute approximate surface area is 194 Å². The number of amides is 1. The zero-order chi connectivity index (χ0) is 23.7. The predicted octanol–water partition coefficient (Wildman–Crippen LogP) is 2.63. The number of carbonyl (C=O) groups excluding carboxylic acids is 1. The highest BCUT2D eigenvalue weighted by Gasteiger charge is 2.13. The number of hydrogen-bond acceptors (Lipinski definition) is 4. The summed E-state index contributed by atoms with van der Waals surface area (Å²) in [5.41, 5.74) is 2.60. The molecule has 3 heterocycles. The summed E-state index contributed by atoms with van der Waals surface area (Å²) in [7, 11) is 1.96. The van der Waals surface area contributed by atoms with Crippen molar-refractivity contribution in [1.82, 2.24) is 29.2 Å². The average molecular weight is 458 g/mol. The molecule has 9 heteroatoms. The van der Waals surface area contributed by atoms with Crippen molar-refractivity contribution in [3.8, 4) is 0 Å². The maximum absolute atomic E-state index is 14.0. The van der Waals surface area contributed by atoms with Gasteiger partial charge in [0.15, 0.2) is 5.65 Å². The van der Waals surface area contributed by atoms with Crippen molar-refractivity contribution in [3.63, 3.8) is 0 Å². The molecule has 0 unspecified atom stereocenters. The normalized spacial score (nSPS) is 11.4. The van der Waals surface area contributed by atoms with Gasteiger partial charge in [0.2, 0.25) is 5.91 Å². The number of halogens is 1. The molecule has 3 aromatic heterocycles. The second kappa shape index (κ2) is 8.93. The standard InChI is InChI=1S/C25H23FN6O2/c1-30-14-18(19-7-3-5-9-22(19)30)12-23(33)27-10-11-32-24-20(13-29-32)25(34)31(16-28-24)15-17-6-2-4-8-21(17)26/h2-9,13-14,16H,10-12,15H2,1H3,(H,27,33). The second-order valence-corrected chi connectivity index (χ2v) is 8.18. The van der Waals surface area contributed by atoms with Crippen molar-refractivity contribution >= 4 is 27.8 Å². The van der Waals surface area contributed by atoms with Crippen molar-refractivity contribution in [2.75, 3.05) is 6.54 Å². The molecule has 0 radical (unpaired) electrons. The van der Waals surface area contributed by atoms with Gasteiger partial charge in [-0.15, -0.1) is 0 Å². The molecule has 0 aliphatic rings. The van der Waals surface area contributed by atoms with Crippen molar-refractivity contribution in [2.45, 2.75) is 19.5 Å². The first kappa shape index (κ1) is 21.6. The molecule has 0 aliphatic carbocycles. The molecule has 0 saturated carbocycles. The van der Waals surface area contributed by atoms with Gasteiger partial charge in [-0.1, -0.05) is 36.4 Å². The number of nitrogens with zero attached hydrogens (tertiary/aromatic N) is 5.